The van der Waals surface area contributed by atoms with Crippen LogP contribution in [-0.4, -0.2) is 84.2 Å². The van der Waals surface area contributed by atoms with Crippen LogP contribution in [0.15, 0.2) is 189 Å². The second-order valence-electron chi connectivity index (χ2n) is 26.4. The molecule has 0 unspecified atom stereocenters. The molecule has 0 radical (unpaired) electrons. The van der Waals surface area contributed by atoms with Crippen molar-refractivity contribution in [1.82, 2.24) is 0 Å². The molecule has 0 amide bonds. The van der Waals surface area contributed by atoms with Crippen LogP contribution in [0.3, 0.4) is 0 Å². The van der Waals surface area contributed by atoms with Gasteiger partial charge in [-0.1, -0.05) is 162 Å². The van der Waals surface area contributed by atoms with E-state index >= 15 is 0 Å². The monoisotopic (exact) mass is 1290 g/mol. The molecule has 0 bridgehead atoms. The number of benzene rings is 4. The van der Waals surface area contributed by atoms with Crippen LogP contribution in [0.1, 0.15) is 169 Å². The van der Waals surface area contributed by atoms with Crippen molar-refractivity contribution in [2.24, 2.45) is 0 Å². The fourth-order valence-corrected chi connectivity index (χ4v) is 16.0. The van der Waals surface area contributed by atoms with Crippen LogP contribution >= 0.6 is 23.2 Å². The van der Waals surface area contributed by atoms with Gasteiger partial charge in [0.2, 0.25) is 11.4 Å². The maximum absolute atomic E-state index is 11.3. The van der Waals surface area contributed by atoms with Gasteiger partial charge in [-0.2, -0.15) is 17.6 Å². The predicted octanol–water partition coefficient (Wildman–Crippen LogP) is 14.6. The van der Waals surface area contributed by atoms with E-state index in [1.807, 2.05) is 24.3 Å². The number of fused-ring (bicyclic) bond motifs is 4. The van der Waals surface area contributed by atoms with Gasteiger partial charge in [-0.3, -0.25) is 4.55 Å². The van der Waals surface area contributed by atoms with Crippen molar-refractivity contribution in [1.29, 1.82) is 0 Å². The Labute approximate surface area is 564 Å². The van der Waals surface area contributed by atoms with Crippen LogP contribution in [0.2, 0.25) is 0 Å². The Morgan fingerprint density at radius 3 is 1.36 bits per heavy atom. The summed E-state index contributed by atoms with van der Waals surface area (Å²) in [5.41, 5.74) is 19.1. The van der Waals surface area contributed by atoms with Crippen molar-refractivity contribution in [2.75, 3.05) is 47.5 Å². The van der Waals surface area contributed by atoms with Gasteiger partial charge in [0.25, 0.3) is 10.1 Å². The van der Waals surface area contributed by atoms with E-state index in [-0.39, 0.29) is 62.7 Å². The quantitative estimate of drug-likeness (QED) is 0.0402. The van der Waals surface area contributed by atoms with E-state index in [0.29, 0.717) is 38.8 Å². The van der Waals surface area contributed by atoms with E-state index in [4.69, 9.17) is 23.2 Å². The zero-order valence-corrected chi connectivity index (χ0v) is 59.6. The zero-order valence-electron chi connectivity index (χ0n) is 54.4. The van der Waals surface area contributed by atoms with E-state index in [2.05, 4.69) is 210 Å². The summed E-state index contributed by atoms with van der Waals surface area (Å²) in [5, 5.41) is 1.68. The van der Waals surface area contributed by atoms with Gasteiger partial charge in [0, 0.05) is 111 Å². The molecule has 0 spiro atoms. The van der Waals surface area contributed by atoms with Crippen molar-refractivity contribution >= 4 is 77.6 Å². The third-order valence-electron chi connectivity index (χ3n) is 18.8. The summed E-state index contributed by atoms with van der Waals surface area (Å²) < 4.78 is 70.2. The molecule has 1 N–H and O–H groups in total. The molecule has 0 saturated heterocycles. The summed E-state index contributed by atoms with van der Waals surface area (Å²) in [5.74, 6) is -0.614. The molecule has 10 rings (SSSR count). The number of rotatable bonds is 20. The minimum atomic E-state index is -4.25. The molecule has 4 aromatic carbocycles. The predicted molar refractivity (Wildman–Crippen MR) is 366 cm³/mol. The number of halogens is 2. The third-order valence-corrected chi connectivity index (χ3v) is 21.4. The first-order valence-electron chi connectivity index (χ1n) is 31.8. The average Bonchev–Trinajstić information content (AvgIpc) is 1.78. The fraction of sp³-hybridized carbons (Fsp3) is 0.432. The van der Waals surface area contributed by atoms with Crippen LogP contribution in [0.4, 0.5) is 22.7 Å². The average molecular weight is 1290 g/mol. The van der Waals surface area contributed by atoms with Gasteiger partial charge in [-0.05, 0) is 150 Å². The Morgan fingerprint density at radius 2 is 0.921 bits per heavy atom. The number of anilines is 2. The Morgan fingerprint density at radius 1 is 0.506 bits per heavy atom. The van der Waals surface area contributed by atoms with Crippen LogP contribution in [0.25, 0.3) is 0 Å². The summed E-state index contributed by atoms with van der Waals surface area (Å²) in [6, 6.07) is 34.3. The first kappa shape index (κ1) is 70.0. The molecule has 4 heterocycles. The summed E-state index contributed by atoms with van der Waals surface area (Å²) in [6.07, 6.45) is 27.8. The van der Waals surface area contributed by atoms with E-state index < -0.39 is 20.2 Å². The number of hydrogen-bond donors (Lipinski definition) is 1. The third kappa shape index (κ3) is 15.3. The number of nitrogens with zero attached hydrogens (tertiary/aromatic N) is 4. The minimum Gasteiger partial charge on any atom is -0.748 e. The van der Waals surface area contributed by atoms with Crippen LogP contribution in [0, 0.1) is 0 Å². The molecular weight excluding hydrogens is 1200 g/mol. The molecule has 4 aliphatic heterocycles. The van der Waals surface area contributed by atoms with Gasteiger partial charge in [0.05, 0.1) is 26.7 Å². The van der Waals surface area contributed by atoms with E-state index in [1.165, 1.54) is 56.2 Å². The number of para-hydroxylation sites is 4. The summed E-state index contributed by atoms with van der Waals surface area (Å²) in [7, 11) is -8.25. The summed E-state index contributed by atoms with van der Waals surface area (Å²) >= 11 is 14.3. The van der Waals surface area contributed by atoms with Gasteiger partial charge >= 0.3 is 29.6 Å². The summed E-state index contributed by atoms with van der Waals surface area (Å²) in [6.45, 7) is 26.0. The minimum absolute atomic E-state index is 0. The Hall–Kier alpha value is -4.86. The number of unbranched alkanes of at least 4 members (excludes halogenated alkanes) is 2. The number of hydrogen-bond acceptors (Lipinski definition) is 7. The Kier molecular flexibility index (Phi) is 22.8. The van der Waals surface area contributed by atoms with E-state index in [0.717, 1.165) is 108 Å². The normalized spacial score (nSPS) is 21.0. The molecule has 0 aromatic heterocycles. The molecular formula is C74H91Cl2N4NaO6S2+2. The second kappa shape index (κ2) is 29.0. The van der Waals surface area contributed by atoms with Crippen LogP contribution < -0.4 is 39.4 Å². The molecule has 10 nitrogen and oxygen atoms in total. The first-order valence-corrected chi connectivity index (χ1v) is 35.7. The van der Waals surface area contributed by atoms with Crippen molar-refractivity contribution < 1.29 is 64.6 Å². The largest absolute Gasteiger partial charge is 1.00 e. The second-order valence-corrected chi connectivity index (χ2v) is 30.3. The molecule has 4 aromatic rings. The van der Waals surface area contributed by atoms with Crippen LogP contribution in [-0.2, 0) is 41.9 Å². The van der Waals surface area contributed by atoms with E-state index in [1.54, 1.807) is 0 Å². The SMILES string of the molecule is CC1(C)C(/C=C\C2=C(Cl)C(=C/C=C3/N(CCCCS(=O)(=O)[O-])c4ccccc4C3(C)C)/CCC2)=[N+](CCCCS(=O)(=O)O)c2ccccc21.CCCN1/C(=C/C=C2\CCCC(/C=C\C3=[N+](CCC)c4ccccc4C3(C)C)=C2Cl)C(C)(C)c2ccccc21.[Na+]. The van der Waals surface area contributed by atoms with Gasteiger partial charge < -0.3 is 14.4 Å². The molecule has 2 aliphatic carbocycles. The van der Waals surface area contributed by atoms with Gasteiger partial charge in [0.1, 0.15) is 13.1 Å². The standard InChI is InChI=1S/C38H47ClN2O6S2.C36H44ClN2.Na/c1-37(2)30-16-5-7-18-32(30)40(24-9-11-26-48(42,43)44)34(37)22-20-28-14-13-15-29(36(28)39)21-23-35-38(3,4)31-17-6-8-19-33(31)41(35)25-10-12-27-49(45,46)47;1-7-24-38-30-18-11-9-16-28(30)35(3,4)32(38)22-20-26-14-13-15-27(34(26)37)21-23-33-36(5,6)29-17-10-12-19-31(29)39(33)25-8-2;/h5-8,16-23H,9-15,24-27H2,1-4H3,(H-,42,43,44,45,46,47);9-12,16-23H,7-8,13-15,24-25H2,1-6H3;/q;2*+1. The number of allylic oxidation sites excluding steroid dienone is 16. The molecule has 6 aliphatic rings. The summed E-state index contributed by atoms with van der Waals surface area (Å²) in [4.78, 5) is 4.75. The van der Waals surface area contributed by atoms with Crippen molar-refractivity contribution in [2.45, 2.75) is 168 Å². The smallest absolute Gasteiger partial charge is 0.748 e. The maximum Gasteiger partial charge on any atom is 1.00 e. The van der Waals surface area contributed by atoms with Gasteiger partial charge in [-0.15, -0.1) is 0 Å². The molecule has 0 fully saturated rings. The zero-order chi connectivity index (χ0) is 63.4. The molecule has 15 heteroatoms. The first-order chi connectivity index (χ1) is 41.7. The fourth-order valence-electron chi connectivity index (χ4n) is 14.2. The van der Waals surface area contributed by atoms with Crippen molar-refractivity contribution in [3.63, 3.8) is 0 Å². The molecule has 0 saturated carbocycles. The molecule has 0 atom stereocenters. The van der Waals surface area contributed by atoms with Gasteiger partial charge in [-0.25, -0.2) is 8.42 Å². The van der Waals surface area contributed by atoms with Crippen LogP contribution in [0.5, 0.6) is 0 Å². The molecule has 468 valence electrons. The van der Waals surface area contributed by atoms with Crippen molar-refractivity contribution in [3.8, 4) is 0 Å². The van der Waals surface area contributed by atoms with Gasteiger partial charge in [0.15, 0.2) is 11.4 Å². The van der Waals surface area contributed by atoms with E-state index in [9.17, 15) is 25.9 Å². The maximum atomic E-state index is 11.3. The topological polar surface area (TPSA) is 124 Å². The van der Waals surface area contributed by atoms with Crippen molar-refractivity contribution in [3.05, 3.63) is 212 Å². The Balaban J connectivity index is 0.000000233. The Bertz CT molecular complexity index is 3890. The molecule has 89 heavy (non-hydrogen) atoms.